The Morgan fingerprint density at radius 3 is 2.75 bits per heavy atom. The highest BCUT2D eigenvalue weighted by Gasteiger charge is 2.22. The van der Waals surface area contributed by atoms with Crippen LogP contribution in [-0.4, -0.2) is 43.3 Å². The highest BCUT2D eigenvalue weighted by molar-refractivity contribution is 5.99. The van der Waals surface area contributed by atoms with Gasteiger partial charge >= 0.3 is 0 Å². The summed E-state index contributed by atoms with van der Waals surface area (Å²) in [5.74, 6) is -0.515. The molecule has 1 aliphatic rings. The zero-order chi connectivity index (χ0) is 14.5. The van der Waals surface area contributed by atoms with Crippen molar-refractivity contribution in [3.8, 4) is 0 Å². The molecule has 0 saturated carbocycles. The molecule has 0 radical (unpaired) electrons. The third kappa shape index (κ3) is 3.55. The number of piperidine rings is 1. The maximum absolute atomic E-state index is 13.3. The minimum absolute atomic E-state index is 0.0344. The largest absolute Gasteiger partial charge is 0.394 e. The average Bonchev–Trinajstić information content (AvgIpc) is 2.45. The number of aliphatic hydroxyl groups excluding tert-OH is 1. The minimum Gasteiger partial charge on any atom is -0.394 e. The summed E-state index contributed by atoms with van der Waals surface area (Å²) in [5.41, 5.74) is 1.22. The molecule has 1 saturated heterocycles. The molecule has 0 aliphatic carbocycles. The molecule has 1 aromatic carbocycles. The Labute approximate surface area is 118 Å². The molecule has 1 aromatic rings. The molecule has 4 nitrogen and oxygen atoms in total. The fraction of sp³-hybridized carbons (Fsp3) is 0.533. The number of benzene rings is 1. The Morgan fingerprint density at radius 2 is 2.15 bits per heavy atom. The van der Waals surface area contributed by atoms with Gasteiger partial charge in [0.1, 0.15) is 5.82 Å². The lowest BCUT2D eigenvalue weighted by atomic mass is 10.0. The molecule has 5 heteroatoms. The van der Waals surface area contributed by atoms with Crippen LogP contribution in [0.3, 0.4) is 0 Å². The highest BCUT2D eigenvalue weighted by atomic mass is 19.1. The van der Waals surface area contributed by atoms with Gasteiger partial charge in [0.25, 0.3) is 0 Å². The lowest BCUT2D eigenvalue weighted by Gasteiger charge is -2.34. The van der Waals surface area contributed by atoms with E-state index in [0.29, 0.717) is 12.2 Å². The van der Waals surface area contributed by atoms with E-state index in [1.165, 1.54) is 19.1 Å². The van der Waals surface area contributed by atoms with Crippen LogP contribution in [0.2, 0.25) is 0 Å². The van der Waals surface area contributed by atoms with E-state index in [0.717, 1.165) is 31.6 Å². The van der Waals surface area contributed by atoms with E-state index >= 15 is 0 Å². The first-order valence-corrected chi connectivity index (χ1v) is 6.89. The average molecular weight is 281 g/mol. The van der Waals surface area contributed by atoms with Crippen LogP contribution in [0, 0.1) is 5.82 Å². The number of rotatable bonds is 5. The summed E-state index contributed by atoms with van der Waals surface area (Å²) < 4.78 is 18.8. The fourth-order valence-electron chi connectivity index (χ4n) is 2.55. The molecule has 0 aromatic heterocycles. The topological polar surface area (TPSA) is 49.8 Å². The van der Waals surface area contributed by atoms with Gasteiger partial charge in [-0.2, -0.15) is 0 Å². The van der Waals surface area contributed by atoms with Crippen LogP contribution in [0.4, 0.5) is 10.1 Å². The number of ether oxygens (including phenoxy) is 1. The van der Waals surface area contributed by atoms with Crippen LogP contribution in [0.5, 0.6) is 0 Å². The van der Waals surface area contributed by atoms with E-state index < -0.39 is 0 Å². The van der Waals surface area contributed by atoms with E-state index in [2.05, 4.69) is 4.90 Å². The van der Waals surface area contributed by atoms with Gasteiger partial charge in [-0.05, 0) is 38.0 Å². The standard InChI is InChI=1S/C15H20FNO3/c1-11(19)14-10-12(16)2-3-15(14)17-6-4-13(5-7-17)20-9-8-18/h2-3,10,13,18H,4-9H2,1H3. The molecule has 1 fully saturated rings. The van der Waals surface area contributed by atoms with Crippen molar-refractivity contribution in [3.63, 3.8) is 0 Å². The number of halogens is 1. The zero-order valence-electron chi connectivity index (χ0n) is 11.6. The highest BCUT2D eigenvalue weighted by Crippen LogP contribution is 2.26. The van der Waals surface area contributed by atoms with Crippen molar-refractivity contribution < 1.29 is 19.0 Å². The monoisotopic (exact) mass is 281 g/mol. The third-order valence-electron chi connectivity index (χ3n) is 3.57. The SMILES string of the molecule is CC(=O)c1cc(F)ccc1N1CCC(OCCO)CC1. The van der Waals surface area contributed by atoms with Crippen LogP contribution in [0.15, 0.2) is 18.2 Å². The minimum atomic E-state index is -0.389. The summed E-state index contributed by atoms with van der Waals surface area (Å²) in [5, 5.41) is 8.74. The number of aliphatic hydroxyl groups is 1. The second-order valence-corrected chi connectivity index (χ2v) is 5.00. The number of anilines is 1. The fourth-order valence-corrected chi connectivity index (χ4v) is 2.55. The third-order valence-corrected chi connectivity index (χ3v) is 3.57. The molecule has 0 amide bonds. The van der Waals surface area contributed by atoms with Crippen molar-refractivity contribution in [1.29, 1.82) is 0 Å². The number of hydrogen-bond donors (Lipinski definition) is 1. The molecule has 0 atom stereocenters. The molecule has 20 heavy (non-hydrogen) atoms. The van der Waals surface area contributed by atoms with Crippen LogP contribution in [0.25, 0.3) is 0 Å². The Bertz CT molecular complexity index is 470. The number of Topliss-reactive ketones (excluding diaryl/α,β-unsaturated/α-hetero) is 1. The lowest BCUT2D eigenvalue weighted by Crippen LogP contribution is -2.38. The van der Waals surface area contributed by atoms with Crippen molar-refractivity contribution >= 4 is 11.5 Å². The molecule has 1 heterocycles. The maximum Gasteiger partial charge on any atom is 0.161 e. The van der Waals surface area contributed by atoms with Crippen LogP contribution >= 0.6 is 0 Å². The van der Waals surface area contributed by atoms with Crippen LogP contribution in [0.1, 0.15) is 30.1 Å². The summed E-state index contributed by atoms with van der Waals surface area (Å²) >= 11 is 0. The van der Waals surface area contributed by atoms with Gasteiger partial charge in [-0.15, -0.1) is 0 Å². The summed E-state index contributed by atoms with van der Waals surface area (Å²) in [6.07, 6.45) is 1.84. The summed E-state index contributed by atoms with van der Waals surface area (Å²) in [6.45, 7) is 3.38. The van der Waals surface area contributed by atoms with Crippen molar-refractivity contribution in [2.45, 2.75) is 25.9 Å². The van der Waals surface area contributed by atoms with Gasteiger partial charge in [0.2, 0.25) is 0 Å². The van der Waals surface area contributed by atoms with Crippen molar-refractivity contribution in [3.05, 3.63) is 29.6 Å². The van der Waals surface area contributed by atoms with E-state index in [4.69, 9.17) is 9.84 Å². The molecule has 0 unspecified atom stereocenters. The predicted molar refractivity (Wildman–Crippen MR) is 74.7 cm³/mol. The Kier molecular flexibility index (Phi) is 5.09. The molecule has 1 aliphatic heterocycles. The van der Waals surface area contributed by atoms with Gasteiger partial charge in [-0.3, -0.25) is 4.79 Å². The van der Waals surface area contributed by atoms with Gasteiger partial charge in [-0.1, -0.05) is 0 Å². The zero-order valence-corrected chi connectivity index (χ0v) is 11.6. The quantitative estimate of drug-likeness (QED) is 0.839. The molecule has 110 valence electrons. The second kappa shape index (κ2) is 6.81. The summed E-state index contributed by atoms with van der Waals surface area (Å²) in [4.78, 5) is 13.7. The molecule has 0 spiro atoms. The Morgan fingerprint density at radius 1 is 1.45 bits per heavy atom. The van der Waals surface area contributed by atoms with E-state index in [1.807, 2.05) is 0 Å². The summed E-state index contributed by atoms with van der Waals surface area (Å²) in [6, 6.07) is 4.35. The van der Waals surface area contributed by atoms with E-state index in [9.17, 15) is 9.18 Å². The van der Waals surface area contributed by atoms with Crippen LogP contribution in [-0.2, 0) is 4.74 Å². The van der Waals surface area contributed by atoms with Crippen molar-refractivity contribution in [2.24, 2.45) is 0 Å². The smallest absolute Gasteiger partial charge is 0.161 e. The Balaban J connectivity index is 2.05. The van der Waals surface area contributed by atoms with Gasteiger partial charge in [0.05, 0.1) is 19.3 Å². The lowest BCUT2D eigenvalue weighted by molar-refractivity contribution is 0.0159. The number of carbonyl (C=O) groups is 1. The predicted octanol–water partition coefficient (Wildman–Crippen LogP) is 2.01. The number of nitrogens with zero attached hydrogens (tertiary/aromatic N) is 1. The second-order valence-electron chi connectivity index (χ2n) is 5.00. The van der Waals surface area contributed by atoms with E-state index in [-0.39, 0.29) is 24.3 Å². The van der Waals surface area contributed by atoms with Gasteiger partial charge in [0.15, 0.2) is 5.78 Å². The maximum atomic E-state index is 13.3. The van der Waals surface area contributed by atoms with Gasteiger partial charge in [0, 0.05) is 24.3 Å². The molecule has 0 bridgehead atoms. The van der Waals surface area contributed by atoms with Crippen LogP contribution < -0.4 is 4.90 Å². The van der Waals surface area contributed by atoms with E-state index in [1.54, 1.807) is 6.07 Å². The molecular formula is C15H20FNO3. The normalized spacial score (nSPS) is 16.4. The molecule has 2 rings (SSSR count). The molecule has 1 N–H and O–H groups in total. The summed E-state index contributed by atoms with van der Waals surface area (Å²) in [7, 11) is 0. The number of hydrogen-bond acceptors (Lipinski definition) is 4. The Hall–Kier alpha value is -1.46. The number of carbonyl (C=O) groups excluding carboxylic acids is 1. The first kappa shape index (κ1) is 14.9. The molecular weight excluding hydrogens is 261 g/mol. The van der Waals surface area contributed by atoms with Gasteiger partial charge in [-0.25, -0.2) is 4.39 Å². The van der Waals surface area contributed by atoms with Crippen molar-refractivity contribution in [1.82, 2.24) is 0 Å². The van der Waals surface area contributed by atoms with Gasteiger partial charge < -0.3 is 14.7 Å². The first-order valence-electron chi connectivity index (χ1n) is 6.89. The number of ketones is 1. The van der Waals surface area contributed by atoms with Crippen molar-refractivity contribution in [2.75, 3.05) is 31.2 Å². The first-order chi connectivity index (χ1) is 9.61.